The molecule has 8 heteroatoms. The molecule has 2 fully saturated rings. The molecule has 1 atom stereocenters. The summed E-state index contributed by atoms with van der Waals surface area (Å²) in [5, 5.41) is 4.99. The van der Waals surface area contributed by atoms with Crippen LogP contribution in [-0.4, -0.2) is 74.6 Å². The monoisotopic (exact) mass is 442 g/mol. The highest BCUT2D eigenvalue weighted by molar-refractivity contribution is 7.10. The topological polar surface area (TPSA) is 65.1 Å². The molecule has 1 unspecified atom stereocenters. The molecule has 1 aromatic carbocycles. The largest absolute Gasteiger partial charge is 0.378 e. The highest BCUT2D eigenvalue weighted by Crippen LogP contribution is 2.34. The molecule has 2 aromatic rings. The number of morpholine rings is 1. The van der Waals surface area contributed by atoms with Gasteiger partial charge < -0.3 is 19.9 Å². The van der Waals surface area contributed by atoms with Gasteiger partial charge in [-0.2, -0.15) is 0 Å². The number of thiophene rings is 1. The van der Waals surface area contributed by atoms with Crippen LogP contribution in [0.4, 0.5) is 11.4 Å². The minimum Gasteiger partial charge on any atom is -0.378 e. The summed E-state index contributed by atoms with van der Waals surface area (Å²) in [5.41, 5.74) is 1.90. The van der Waals surface area contributed by atoms with Crippen LogP contribution in [0.3, 0.4) is 0 Å². The molecule has 4 rings (SSSR count). The Morgan fingerprint density at radius 3 is 2.61 bits per heavy atom. The fraction of sp³-hybridized carbons (Fsp3) is 0.478. The van der Waals surface area contributed by atoms with Crippen molar-refractivity contribution in [3.63, 3.8) is 0 Å². The van der Waals surface area contributed by atoms with Gasteiger partial charge in [0.2, 0.25) is 11.8 Å². The second-order valence-corrected chi connectivity index (χ2v) is 9.11. The Morgan fingerprint density at radius 1 is 1.13 bits per heavy atom. The SMILES string of the molecule is CN(CC(=O)Nc1ccc(N2CCOCC2)cc1)CC(=O)N1CCCC1c1cccs1. The Kier molecular flexibility index (Phi) is 7.21. The van der Waals surface area contributed by atoms with E-state index in [2.05, 4.69) is 21.7 Å². The maximum atomic E-state index is 12.8. The average Bonchev–Trinajstić information content (AvgIpc) is 3.46. The maximum absolute atomic E-state index is 12.8. The van der Waals surface area contributed by atoms with E-state index in [0.29, 0.717) is 0 Å². The number of nitrogens with zero attached hydrogens (tertiary/aromatic N) is 3. The van der Waals surface area contributed by atoms with E-state index in [-0.39, 0.29) is 30.9 Å². The van der Waals surface area contributed by atoms with Gasteiger partial charge >= 0.3 is 0 Å². The Bertz CT molecular complexity index is 865. The van der Waals surface area contributed by atoms with Gasteiger partial charge in [0.25, 0.3) is 0 Å². The smallest absolute Gasteiger partial charge is 0.238 e. The van der Waals surface area contributed by atoms with E-state index in [1.165, 1.54) is 4.88 Å². The molecule has 0 saturated carbocycles. The van der Waals surface area contributed by atoms with Crippen molar-refractivity contribution in [1.29, 1.82) is 0 Å². The fourth-order valence-electron chi connectivity index (χ4n) is 4.24. The molecular weight excluding hydrogens is 412 g/mol. The Morgan fingerprint density at radius 2 is 1.90 bits per heavy atom. The van der Waals surface area contributed by atoms with E-state index in [9.17, 15) is 9.59 Å². The molecule has 1 N–H and O–H groups in total. The van der Waals surface area contributed by atoms with Gasteiger partial charge in [-0.15, -0.1) is 11.3 Å². The highest BCUT2D eigenvalue weighted by Gasteiger charge is 2.31. The van der Waals surface area contributed by atoms with E-state index in [0.717, 1.165) is 57.1 Å². The summed E-state index contributed by atoms with van der Waals surface area (Å²) in [6.45, 7) is 4.46. The molecular formula is C23H30N4O3S. The molecule has 166 valence electrons. The van der Waals surface area contributed by atoms with Gasteiger partial charge in [0, 0.05) is 35.9 Å². The summed E-state index contributed by atoms with van der Waals surface area (Å²) in [5.74, 6) is -0.0354. The maximum Gasteiger partial charge on any atom is 0.238 e. The molecule has 3 heterocycles. The van der Waals surface area contributed by atoms with Crippen molar-refractivity contribution in [3.8, 4) is 0 Å². The number of amides is 2. The molecule has 2 amide bonds. The summed E-state index contributed by atoms with van der Waals surface area (Å²) < 4.78 is 5.39. The van der Waals surface area contributed by atoms with Crippen LogP contribution in [0.15, 0.2) is 41.8 Å². The number of carbonyl (C=O) groups excluding carboxylic acids is 2. The zero-order chi connectivity index (χ0) is 21.6. The van der Waals surface area contributed by atoms with Gasteiger partial charge in [0.15, 0.2) is 0 Å². The number of nitrogens with one attached hydrogen (secondary N) is 1. The van der Waals surface area contributed by atoms with Crippen molar-refractivity contribution in [3.05, 3.63) is 46.7 Å². The van der Waals surface area contributed by atoms with Crippen molar-refractivity contribution < 1.29 is 14.3 Å². The first kappa shape index (κ1) is 21.8. The second-order valence-electron chi connectivity index (χ2n) is 8.13. The van der Waals surface area contributed by atoms with Gasteiger partial charge in [0.05, 0.1) is 32.3 Å². The van der Waals surface area contributed by atoms with Crippen LogP contribution in [0.2, 0.25) is 0 Å². The lowest BCUT2D eigenvalue weighted by atomic mass is 10.2. The zero-order valence-corrected chi connectivity index (χ0v) is 18.8. The van der Waals surface area contributed by atoms with Gasteiger partial charge in [-0.05, 0) is 55.6 Å². The Hall–Kier alpha value is -2.42. The first-order valence-corrected chi connectivity index (χ1v) is 11.7. The van der Waals surface area contributed by atoms with Crippen molar-refractivity contribution in [2.24, 2.45) is 0 Å². The zero-order valence-electron chi connectivity index (χ0n) is 18.0. The third kappa shape index (κ3) is 5.64. The molecule has 7 nitrogen and oxygen atoms in total. The van der Waals surface area contributed by atoms with Crippen LogP contribution in [-0.2, 0) is 14.3 Å². The lowest BCUT2D eigenvalue weighted by Crippen LogP contribution is -2.41. The van der Waals surface area contributed by atoms with Crippen molar-refractivity contribution in [2.75, 3.05) is 63.2 Å². The molecule has 0 radical (unpaired) electrons. The summed E-state index contributed by atoms with van der Waals surface area (Å²) >= 11 is 1.70. The number of likely N-dealkylation sites (tertiary alicyclic amines) is 1. The van der Waals surface area contributed by atoms with Crippen LogP contribution in [0, 0.1) is 0 Å². The molecule has 1 aromatic heterocycles. The molecule has 2 aliphatic rings. The normalized spacial score (nSPS) is 19.1. The molecule has 0 aliphatic carbocycles. The summed E-state index contributed by atoms with van der Waals surface area (Å²) in [6.07, 6.45) is 2.04. The number of anilines is 2. The quantitative estimate of drug-likeness (QED) is 0.714. The summed E-state index contributed by atoms with van der Waals surface area (Å²) in [7, 11) is 1.81. The lowest BCUT2D eigenvalue weighted by Gasteiger charge is -2.29. The van der Waals surface area contributed by atoms with Crippen LogP contribution in [0.5, 0.6) is 0 Å². The van der Waals surface area contributed by atoms with Gasteiger partial charge in [-0.1, -0.05) is 6.07 Å². The molecule has 0 spiro atoms. The Labute approximate surface area is 187 Å². The fourth-order valence-corrected chi connectivity index (χ4v) is 5.12. The number of hydrogen-bond acceptors (Lipinski definition) is 6. The van der Waals surface area contributed by atoms with Gasteiger partial charge in [-0.3, -0.25) is 14.5 Å². The van der Waals surface area contributed by atoms with E-state index in [1.807, 2.05) is 42.3 Å². The van der Waals surface area contributed by atoms with E-state index in [4.69, 9.17) is 4.74 Å². The first-order chi connectivity index (χ1) is 15.1. The number of hydrogen-bond donors (Lipinski definition) is 1. The van der Waals surface area contributed by atoms with Gasteiger partial charge in [-0.25, -0.2) is 0 Å². The summed E-state index contributed by atoms with van der Waals surface area (Å²) in [6, 6.07) is 12.2. The number of carbonyl (C=O) groups is 2. The lowest BCUT2D eigenvalue weighted by molar-refractivity contribution is -0.133. The van der Waals surface area contributed by atoms with Gasteiger partial charge in [0.1, 0.15) is 0 Å². The van der Waals surface area contributed by atoms with Crippen molar-refractivity contribution in [1.82, 2.24) is 9.80 Å². The number of ether oxygens (including phenoxy) is 1. The first-order valence-electron chi connectivity index (χ1n) is 10.8. The van der Waals surface area contributed by atoms with E-state index in [1.54, 1.807) is 16.2 Å². The predicted molar refractivity (Wildman–Crippen MR) is 124 cm³/mol. The number of likely N-dealkylation sites (N-methyl/N-ethyl adjacent to an activating group) is 1. The Balaban J connectivity index is 1.25. The second kappa shape index (κ2) is 10.3. The van der Waals surface area contributed by atoms with E-state index < -0.39 is 0 Å². The minimum absolute atomic E-state index is 0.0843. The molecule has 31 heavy (non-hydrogen) atoms. The minimum atomic E-state index is -0.120. The number of benzene rings is 1. The predicted octanol–water partition coefficient (Wildman–Crippen LogP) is 2.82. The van der Waals surface area contributed by atoms with Crippen molar-refractivity contribution in [2.45, 2.75) is 18.9 Å². The highest BCUT2D eigenvalue weighted by atomic mass is 32.1. The average molecular weight is 443 g/mol. The van der Waals surface area contributed by atoms with Crippen LogP contribution in [0.1, 0.15) is 23.8 Å². The molecule has 2 aliphatic heterocycles. The third-order valence-electron chi connectivity index (χ3n) is 5.79. The van der Waals surface area contributed by atoms with Crippen LogP contribution >= 0.6 is 11.3 Å². The number of rotatable bonds is 7. The van der Waals surface area contributed by atoms with Crippen LogP contribution in [0.25, 0.3) is 0 Å². The third-order valence-corrected chi connectivity index (χ3v) is 6.76. The van der Waals surface area contributed by atoms with E-state index >= 15 is 0 Å². The van der Waals surface area contributed by atoms with Crippen LogP contribution < -0.4 is 10.2 Å². The molecule has 0 bridgehead atoms. The summed E-state index contributed by atoms with van der Waals surface area (Å²) in [4.78, 5) is 32.6. The molecule has 2 saturated heterocycles. The standard InChI is InChI=1S/C23H30N4O3S/c1-25(17-23(29)27-10-2-4-20(27)21-5-3-15-31-21)16-22(28)24-18-6-8-19(9-7-18)26-11-13-30-14-12-26/h3,5-9,15,20H,2,4,10-14,16-17H2,1H3,(H,24,28). The van der Waals surface area contributed by atoms with Crippen molar-refractivity contribution >= 4 is 34.5 Å².